The molecule has 0 heterocycles. The van der Waals surface area contributed by atoms with E-state index in [4.69, 9.17) is 0 Å². The van der Waals surface area contributed by atoms with Crippen LogP contribution in [0.1, 0.15) is 46.5 Å². The molecule has 0 saturated heterocycles. The number of amides is 1. The fourth-order valence-electron chi connectivity index (χ4n) is 1.50. The smallest absolute Gasteiger partial charge is 0.236 e. The van der Waals surface area contributed by atoms with Gasteiger partial charge in [0.1, 0.15) is 0 Å². The number of carbonyl (C=O) groups excluding carboxylic acids is 1. The molecule has 3 nitrogen and oxygen atoms in total. The summed E-state index contributed by atoms with van der Waals surface area (Å²) in [6.07, 6.45) is 4.69. The highest BCUT2D eigenvalue weighted by Crippen LogP contribution is 2.04. The van der Waals surface area contributed by atoms with E-state index in [1.807, 2.05) is 6.92 Å². The van der Waals surface area contributed by atoms with Gasteiger partial charge in [-0.3, -0.25) is 4.79 Å². The molecule has 0 aromatic heterocycles. The third kappa shape index (κ3) is 5.22. The van der Waals surface area contributed by atoms with E-state index in [0.717, 1.165) is 12.8 Å². The molecule has 3 heteroatoms. The third-order valence-corrected chi connectivity index (χ3v) is 2.52. The van der Waals surface area contributed by atoms with Crippen molar-refractivity contribution in [3.05, 3.63) is 0 Å². The van der Waals surface area contributed by atoms with Crippen molar-refractivity contribution in [3.63, 3.8) is 0 Å². The minimum absolute atomic E-state index is 0.0694. The number of rotatable bonds is 7. The molecule has 14 heavy (non-hydrogen) atoms. The van der Waals surface area contributed by atoms with Gasteiger partial charge in [-0.2, -0.15) is 0 Å². The van der Waals surface area contributed by atoms with Crippen LogP contribution >= 0.6 is 0 Å². The fourth-order valence-corrected chi connectivity index (χ4v) is 1.50. The average molecular weight is 200 g/mol. The van der Waals surface area contributed by atoms with Gasteiger partial charge in [-0.15, -0.1) is 0 Å². The van der Waals surface area contributed by atoms with Gasteiger partial charge in [0, 0.05) is 13.1 Å². The van der Waals surface area contributed by atoms with Gasteiger partial charge >= 0.3 is 0 Å². The second kappa shape index (κ2) is 7.80. The normalized spacial score (nSPS) is 14.9. The predicted octanol–water partition coefficient (Wildman–Crippen LogP) is 1.68. The van der Waals surface area contributed by atoms with Crippen molar-refractivity contribution in [3.8, 4) is 0 Å². The Morgan fingerprint density at radius 1 is 1.36 bits per heavy atom. The van der Waals surface area contributed by atoms with Crippen LogP contribution < -0.4 is 10.6 Å². The summed E-state index contributed by atoms with van der Waals surface area (Å²) >= 11 is 0. The number of carbonyl (C=O) groups is 1. The van der Waals surface area contributed by atoms with Gasteiger partial charge in [0.05, 0.1) is 6.04 Å². The van der Waals surface area contributed by atoms with Crippen molar-refractivity contribution < 1.29 is 4.79 Å². The van der Waals surface area contributed by atoms with E-state index in [9.17, 15) is 4.79 Å². The van der Waals surface area contributed by atoms with Crippen molar-refractivity contribution in [2.45, 2.75) is 58.5 Å². The first-order valence-corrected chi connectivity index (χ1v) is 5.63. The molecule has 0 aromatic rings. The highest BCUT2D eigenvalue weighted by atomic mass is 16.2. The number of unbranched alkanes of at least 4 members (excludes halogenated alkanes) is 1. The monoisotopic (exact) mass is 200 g/mol. The Morgan fingerprint density at radius 2 is 2.00 bits per heavy atom. The van der Waals surface area contributed by atoms with E-state index >= 15 is 0 Å². The Bertz CT molecular complexity index is 159. The molecule has 0 fully saturated rings. The topological polar surface area (TPSA) is 41.1 Å². The summed E-state index contributed by atoms with van der Waals surface area (Å²) in [6, 6.07) is 0.393. The largest absolute Gasteiger partial charge is 0.358 e. The van der Waals surface area contributed by atoms with E-state index in [2.05, 4.69) is 24.5 Å². The third-order valence-electron chi connectivity index (χ3n) is 2.52. The molecule has 0 aliphatic rings. The second-order valence-corrected chi connectivity index (χ2v) is 3.75. The number of likely N-dealkylation sites (N-methyl/N-ethyl adjacent to an activating group) is 1. The molecule has 0 aliphatic heterocycles. The van der Waals surface area contributed by atoms with E-state index < -0.39 is 0 Å². The Labute approximate surface area is 87.6 Å². The van der Waals surface area contributed by atoms with Gasteiger partial charge in [-0.05, 0) is 19.8 Å². The van der Waals surface area contributed by atoms with E-state index in [1.54, 1.807) is 7.05 Å². The Balaban J connectivity index is 3.85. The van der Waals surface area contributed by atoms with Crippen molar-refractivity contribution >= 4 is 5.91 Å². The summed E-state index contributed by atoms with van der Waals surface area (Å²) in [7, 11) is 1.67. The lowest BCUT2D eigenvalue weighted by molar-refractivity contribution is -0.122. The van der Waals surface area contributed by atoms with Crippen LogP contribution in [0.4, 0.5) is 0 Å². The highest BCUT2D eigenvalue weighted by molar-refractivity contribution is 5.80. The molecule has 0 rings (SSSR count). The fraction of sp³-hybridized carbons (Fsp3) is 0.909. The van der Waals surface area contributed by atoms with Crippen LogP contribution in [0.15, 0.2) is 0 Å². The minimum Gasteiger partial charge on any atom is -0.358 e. The zero-order valence-corrected chi connectivity index (χ0v) is 9.89. The maximum atomic E-state index is 11.3. The van der Waals surface area contributed by atoms with Gasteiger partial charge in [-0.1, -0.05) is 26.7 Å². The number of hydrogen-bond donors (Lipinski definition) is 2. The molecular formula is C11H24N2O. The molecule has 1 amide bonds. The number of hydrogen-bond acceptors (Lipinski definition) is 2. The van der Waals surface area contributed by atoms with Crippen LogP contribution in [0.3, 0.4) is 0 Å². The quantitative estimate of drug-likeness (QED) is 0.656. The van der Waals surface area contributed by atoms with E-state index in [1.165, 1.54) is 12.8 Å². The molecule has 0 saturated carbocycles. The molecule has 0 bridgehead atoms. The maximum absolute atomic E-state index is 11.3. The van der Waals surface area contributed by atoms with Gasteiger partial charge in [0.15, 0.2) is 0 Å². The first kappa shape index (κ1) is 13.4. The summed E-state index contributed by atoms with van der Waals surface area (Å²) in [5.74, 6) is 0.0694. The molecule has 2 N–H and O–H groups in total. The molecule has 0 radical (unpaired) electrons. The van der Waals surface area contributed by atoms with Gasteiger partial charge in [0.2, 0.25) is 5.91 Å². The lowest BCUT2D eigenvalue weighted by Gasteiger charge is -2.20. The number of nitrogens with one attached hydrogen (secondary N) is 2. The molecule has 1 unspecified atom stereocenters. The van der Waals surface area contributed by atoms with Crippen molar-refractivity contribution in [2.24, 2.45) is 0 Å². The van der Waals surface area contributed by atoms with Crippen molar-refractivity contribution in [1.29, 1.82) is 0 Å². The first-order valence-electron chi connectivity index (χ1n) is 5.63. The van der Waals surface area contributed by atoms with Crippen LogP contribution in [0.25, 0.3) is 0 Å². The van der Waals surface area contributed by atoms with Crippen LogP contribution in [0.2, 0.25) is 0 Å². The van der Waals surface area contributed by atoms with Crippen molar-refractivity contribution in [2.75, 3.05) is 7.05 Å². The van der Waals surface area contributed by atoms with Gasteiger partial charge in [-0.25, -0.2) is 0 Å². The summed E-state index contributed by atoms with van der Waals surface area (Å²) in [6.45, 7) is 6.26. The molecular weight excluding hydrogens is 176 g/mol. The lowest BCUT2D eigenvalue weighted by atomic mass is 10.1. The zero-order valence-electron chi connectivity index (χ0n) is 9.89. The SMILES string of the molecule is CCCCC(CC)N[C@H](C)C(=O)NC. The van der Waals surface area contributed by atoms with Crippen molar-refractivity contribution in [1.82, 2.24) is 10.6 Å². The lowest BCUT2D eigenvalue weighted by Crippen LogP contribution is -2.45. The summed E-state index contributed by atoms with van der Waals surface area (Å²) in [5, 5.41) is 5.99. The summed E-state index contributed by atoms with van der Waals surface area (Å²) in [5.41, 5.74) is 0. The predicted molar refractivity (Wildman–Crippen MR) is 60.3 cm³/mol. The Kier molecular flexibility index (Phi) is 7.48. The summed E-state index contributed by atoms with van der Waals surface area (Å²) in [4.78, 5) is 11.3. The zero-order chi connectivity index (χ0) is 11.0. The molecule has 0 spiro atoms. The van der Waals surface area contributed by atoms with E-state index in [-0.39, 0.29) is 11.9 Å². The first-order chi connectivity index (χ1) is 6.65. The molecule has 84 valence electrons. The second-order valence-electron chi connectivity index (χ2n) is 3.75. The molecule has 0 aliphatic carbocycles. The molecule has 2 atom stereocenters. The standard InChI is InChI=1S/C11H24N2O/c1-5-7-8-10(6-2)13-9(3)11(14)12-4/h9-10,13H,5-8H2,1-4H3,(H,12,14)/t9-,10?/m1/s1. The van der Waals surface area contributed by atoms with E-state index in [0.29, 0.717) is 6.04 Å². The Hall–Kier alpha value is -0.570. The van der Waals surface area contributed by atoms with Gasteiger partial charge in [0.25, 0.3) is 0 Å². The minimum atomic E-state index is -0.0817. The van der Waals surface area contributed by atoms with Gasteiger partial charge < -0.3 is 10.6 Å². The highest BCUT2D eigenvalue weighted by Gasteiger charge is 2.14. The van der Waals surface area contributed by atoms with Crippen LogP contribution in [0.5, 0.6) is 0 Å². The van der Waals surface area contributed by atoms with Crippen LogP contribution in [-0.2, 0) is 4.79 Å². The molecule has 0 aromatic carbocycles. The van der Waals surface area contributed by atoms with Crippen LogP contribution in [0, 0.1) is 0 Å². The summed E-state index contributed by atoms with van der Waals surface area (Å²) < 4.78 is 0. The average Bonchev–Trinajstić information content (AvgIpc) is 2.22. The Morgan fingerprint density at radius 3 is 2.43 bits per heavy atom. The maximum Gasteiger partial charge on any atom is 0.236 e. The van der Waals surface area contributed by atoms with Crippen LogP contribution in [-0.4, -0.2) is 25.0 Å².